The highest BCUT2D eigenvalue weighted by Gasteiger charge is 2.22. The molecule has 1 aliphatic rings. The van der Waals surface area contributed by atoms with Gasteiger partial charge >= 0.3 is 0 Å². The number of morpholine rings is 1. The minimum absolute atomic E-state index is 0.500. The second-order valence-corrected chi connectivity index (χ2v) is 7.96. The van der Waals surface area contributed by atoms with Gasteiger partial charge in [0.1, 0.15) is 5.82 Å². The highest BCUT2D eigenvalue weighted by Crippen LogP contribution is 2.13. The van der Waals surface area contributed by atoms with Crippen LogP contribution < -0.4 is 10.6 Å². The van der Waals surface area contributed by atoms with E-state index in [1.807, 2.05) is 35.8 Å². The van der Waals surface area contributed by atoms with E-state index in [2.05, 4.69) is 44.6 Å². The van der Waals surface area contributed by atoms with Crippen LogP contribution >= 0.6 is 0 Å². The number of hydrogen-bond donors (Lipinski definition) is 2. The van der Waals surface area contributed by atoms with Gasteiger partial charge in [-0.05, 0) is 30.9 Å². The first-order chi connectivity index (χ1) is 14.2. The van der Waals surface area contributed by atoms with E-state index in [4.69, 9.17) is 4.74 Å². The van der Waals surface area contributed by atoms with Gasteiger partial charge in [0.25, 0.3) is 0 Å². The average Bonchev–Trinajstić information content (AvgIpc) is 3.16. The van der Waals surface area contributed by atoms with Crippen LogP contribution in [0, 0.1) is 5.92 Å². The summed E-state index contributed by atoms with van der Waals surface area (Å²) in [6.45, 7) is 10.00. The fourth-order valence-electron chi connectivity index (χ4n) is 3.80. The molecule has 2 N–H and O–H groups in total. The van der Waals surface area contributed by atoms with Gasteiger partial charge in [-0.1, -0.05) is 19.9 Å². The summed E-state index contributed by atoms with van der Waals surface area (Å²) in [5, 5.41) is 15.5. The highest BCUT2D eigenvalue weighted by molar-refractivity contribution is 5.79. The fourth-order valence-corrected chi connectivity index (χ4v) is 3.80. The first-order valence-electron chi connectivity index (χ1n) is 10.7. The van der Waals surface area contributed by atoms with E-state index in [1.54, 1.807) is 0 Å². The van der Waals surface area contributed by atoms with E-state index in [9.17, 15) is 0 Å². The summed E-state index contributed by atoms with van der Waals surface area (Å²) in [4.78, 5) is 6.93. The van der Waals surface area contributed by atoms with Gasteiger partial charge < -0.3 is 15.4 Å². The molecule has 1 aliphatic heterocycles. The van der Waals surface area contributed by atoms with Crippen molar-refractivity contribution in [2.75, 3.05) is 46.4 Å². The van der Waals surface area contributed by atoms with Crippen LogP contribution in [0.2, 0.25) is 0 Å². The van der Waals surface area contributed by atoms with E-state index in [0.717, 1.165) is 69.7 Å². The lowest BCUT2D eigenvalue weighted by Crippen LogP contribution is -2.51. The Morgan fingerprint density at radius 1 is 1.21 bits per heavy atom. The van der Waals surface area contributed by atoms with Crippen molar-refractivity contribution in [3.8, 4) is 0 Å². The van der Waals surface area contributed by atoms with Crippen molar-refractivity contribution >= 4 is 11.6 Å². The maximum Gasteiger partial charge on any atom is 0.191 e. The Morgan fingerprint density at radius 2 is 2.03 bits per heavy atom. The number of aliphatic imine (C=N–C) groups is 1. The Hall–Kier alpha value is -2.19. The molecule has 2 aromatic rings. The van der Waals surface area contributed by atoms with Crippen LogP contribution in [0.15, 0.2) is 29.4 Å². The van der Waals surface area contributed by atoms with Gasteiger partial charge in [-0.25, -0.2) is 0 Å². The van der Waals surface area contributed by atoms with Crippen LogP contribution in [0.1, 0.15) is 32.5 Å². The van der Waals surface area contributed by atoms with Crippen LogP contribution in [0.25, 0.3) is 5.65 Å². The molecular weight excluding hydrogens is 366 g/mol. The normalized spacial score (nSPS) is 17.0. The number of nitrogens with one attached hydrogen (secondary N) is 2. The predicted molar refractivity (Wildman–Crippen MR) is 116 cm³/mol. The predicted octanol–water partition coefficient (Wildman–Crippen LogP) is 1.57. The first-order valence-corrected chi connectivity index (χ1v) is 10.7. The van der Waals surface area contributed by atoms with Crippen molar-refractivity contribution in [1.29, 1.82) is 0 Å². The van der Waals surface area contributed by atoms with Crippen molar-refractivity contribution in [3.05, 3.63) is 30.2 Å². The maximum absolute atomic E-state index is 5.52. The lowest BCUT2D eigenvalue weighted by Gasteiger charge is -2.35. The molecule has 0 saturated carbocycles. The molecule has 1 unspecified atom stereocenters. The van der Waals surface area contributed by atoms with Crippen LogP contribution in [0.5, 0.6) is 0 Å². The second-order valence-electron chi connectivity index (χ2n) is 7.96. The molecule has 8 nitrogen and oxygen atoms in total. The number of hydrogen-bond acceptors (Lipinski definition) is 5. The molecule has 0 radical (unpaired) electrons. The lowest BCUT2D eigenvalue weighted by molar-refractivity contribution is 0.0132. The van der Waals surface area contributed by atoms with Crippen molar-refractivity contribution < 1.29 is 4.74 Å². The third kappa shape index (κ3) is 6.40. The van der Waals surface area contributed by atoms with Crippen LogP contribution in [-0.4, -0.2) is 77.9 Å². The summed E-state index contributed by atoms with van der Waals surface area (Å²) in [5.74, 6) is 2.52. The minimum atomic E-state index is 0.500. The molecule has 0 bridgehead atoms. The van der Waals surface area contributed by atoms with Gasteiger partial charge in [0.05, 0.1) is 13.2 Å². The number of aryl methyl sites for hydroxylation is 1. The van der Waals surface area contributed by atoms with Crippen LogP contribution in [-0.2, 0) is 11.2 Å². The average molecular weight is 402 g/mol. The Bertz CT molecular complexity index is 767. The van der Waals surface area contributed by atoms with E-state index in [1.165, 1.54) is 6.42 Å². The Morgan fingerprint density at radius 3 is 2.79 bits per heavy atom. The number of aromatic nitrogens is 3. The smallest absolute Gasteiger partial charge is 0.191 e. The van der Waals surface area contributed by atoms with Crippen LogP contribution in [0.3, 0.4) is 0 Å². The molecule has 1 atom stereocenters. The standard InChI is InChI=1S/C21H35N7O/c1-17(2)15-18(27-11-13-29-14-12-27)16-24-21(22-3)23-9-6-8-20-26-25-19-7-4-5-10-28(19)20/h4-5,7,10,17-18H,6,8-9,11-16H2,1-3H3,(H2,22,23,24). The largest absolute Gasteiger partial charge is 0.379 e. The third-order valence-electron chi connectivity index (χ3n) is 5.29. The zero-order chi connectivity index (χ0) is 20.5. The summed E-state index contributed by atoms with van der Waals surface area (Å²) in [7, 11) is 1.83. The molecule has 29 heavy (non-hydrogen) atoms. The van der Waals surface area contributed by atoms with Gasteiger partial charge in [0.15, 0.2) is 11.6 Å². The van der Waals surface area contributed by atoms with Gasteiger partial charge in [-0.2, -0.15) is 0 Å². The van der Waals surface area contributed by atoms with E-state index >= 15 is 0 Å². The topological polar surface area (TPSA) is 79.1 Å². The molecule has 1 fully saturated rings. The monoisotopic (exact) mass is 401 g/mol. The van der Waals surface area contributed by atoms with Gasteiger partial charge in [0.2, 0.25) is 0 Å². The second kappa shape index (κ2) is 11.1. The molecular formula is C21H35N7O. The van der Waals surface area contributed by atoms with Crippen molar-refractivity contribution in [2.45, 2.75) is 39.2 Å². The number of nitrogens with zero attached hydrogens (tertiary/aromatic N) is 5. The van der Waals surface area contributed by atoms with Crippen LogP contribution in [0.4, 0.5) is 0 Å². The van der Waals surface area contributed by atoms with Gasteiger partial charge in [-0.3, -0.25) is 14.3 Å². The molecule has 3 heterocycles. The fraction of sp³-hybridized carbons (Fsp3) is 0.667. The van der Waals surface area contributed by atoms with Crippen molar-refractivity contribution in [2.24, 2.45) is 10.9 Å². The SMILES string of the molecule is CN=C(NCCCc1nnc2ccccn12)NCC(CC(C)C)N1CCOCC1. The molecule has 2 aromatic heterocycles. The number of rotatable bonds is 9. The molecule has 0 aliphatic carbocycles. The molecule has 8 heteroatoms. The number of guanidine groups is 1. The number of pyridine rings is 1. The summed E-state index contributed by atoms with van der Waals surface area (Å²) in [6.07, 6.45) is 5.03. The molecule has 0 aromatic carbocycles. The molecule has 1 saturated heterocycles. The minimum Gasteiger partial charge on any atom is -0.379 e. The summed E-state index contributed by atoms with van der Waals surface area (Å²) in [6, 6.07) is 6.46. The number of ether oxygens (including phenoxy) is 1. The zero-order valence-electron chi connectivity index (χ0n) is 18.0. The summed E-state index contributed by atoms with van der Waals surface area (Å²) >= 11 is 0. The zero-order valence-corrected chi connectivity index (χ0v) is 18.0. The Kier molecular flexibility index (Phi) is 8.25. The highest BCUT2D eigenvalue weighted by atomic mass is 16.5. The lowest BCUT2D eigenvalue weighted by atomic mass is 10.0. The van der Waals surface area contributed by atoms with Crippen molar-refractivity contribution in [3.63, 3.8) is 0 Å². The Labute approximate surface area is 173 Å². The molecule has 0 amide bonds. The van der Waals surface area contributed by atoms with E-state index < -0.39 is 0 Å². The Balaban J connectivity index is 1.43. The quantitative estimate of drug-likeness (QED) is 0.377. The van der Waals surface area contributed by atoms with Crippen molar-refractivity contribution in [1.82, 2.24) is 30.1 Å². The number of fused-ring (bicyclic) bond motifs is 1. The molecule has 160 valence electrons. The van der Waals surface area contributed by atoms with E-state index in [0.29, 0.717) is 12.0 Å². The van der Waals surface area contributed by atoms with E-state index in [-0.39, 0.29) is 0 Å². The molecule has 0 spiro atoms. The summed E-state index contributed by atoms with van der Waals surface area (Å²) in [5.41, 5.74) is 0.896. The van der Waals surface area contributed by atoms with Gasteiger partial charge in [0, 0.05) is 51.9 Å². The first kappa shape index (κ1) is 21.5. The van der Waals surface area contributed by atoms with Gasteiger partial charge in [-0.15, -0.1) is 10.2 Å². The summed E-state index contributed by atoms with van der Waals surface area (Å²) < 4.78 is 7.56. The third-order valence-corrected chi connectivity index (χ3v) is 5.29. The maximum atomic E-state index is 5.52. The molecule has 3 rings (SSSR count).